The molecule has 4 heterocycles. The average Bonchev–Trinajstić information content (AvgIpc) is 3.13. The van der Waals surface area contributed by atoms with E-state index < -0.39 is 0 Å². The first-order valence-corrected chi connectivity index (χ1v) is 9.04. The molecule has 0 bridgehead atoms. The minimum Gasteiger partial charge on any atom is -0.355 e. The van der Waals surface area contributed by atoms with E-state index in [2.05, 4.69) is 36.1 Å². The number of anilines is 1. The van der Waals surface area contributed by atoms with Crippen molar-refractivity contribution >= 4 is 16.9 Å². The molecule has 1 spiro atoms. The molecule has 0 saturated carbocycles. The van der Waals surface area contributed by atoms with Crippen LogP contribution in [0.25, 0.3) is 11.0 Å². The zero-order valence-corrected chi connectivity index (χ0v) is 15.3. The van der Waals surface area contributed by atoms with Crippen molar-refractivity contribution in [3.8, 4) is 0 Å². The lowest BCUT2D eigenvalue weighted by molar-refractivity contribution is 0.260. The first-order valence-electron chi connectivity index (χ1n) is 9.04. The van der Waals surface area contributed by atoms with Crippen LogP contribution in [-0.2, 0) is 12.5 Å². The Morgan fingerprint density at radius 3 is 2.75 bits per heavy atom. The lowest BCUT2D eigenvalue weighted by atomic mass is 9.79. The Morgan fingerprint density at radius 1 is 1.21 bits per heavy atom. The number of hydrogen-bond acceptors (Lipinski definition) is 5. The average molecular weight is 328 g/mol. The molecule has 0 aliphatic carbocycles. The molecule has 6 nitrogen and oxygen atoms in total. The van der Waals surface area contributed by atoms with E-state index in [1.807, 2.05) is 17.9 Å². The Hall–Kier alpha value is -1.69. The van der Waals surface area contributed by atoms with E-state index in [-0.39, 0.29) is 5.41 Å². The zero-order chi connectivity index (χ0) is 16.9. The predicted molar refractivity (Wildman–Crippen MR) is 96.4 cm³/mol. The number of fused-ring (bicyclic) bond motifs is 1. The van der Waals surface area contributed by atoms with Crippen molar-refractivity contribution in [1.82, 2.24) is 25.1 Å². The number of aryl methyl sites for hydroxylation is 1. The van der Waals surface area contributed by atoms with Crippen molar-refractivity contribution in [2.24, 2.45) is 12.5 Å². The van der Waals surface area contributed by atoms with Gasteiger partial charge in [0.25, 0.3) is 0 Å². The van der Waals surface area contributed by atoms with Crippen molar-refractivity contribution in [3.05, 3.63) is 12.0 Å². The summed E-state index contributed by atoms with van der Waals surface area (Å²) in [7, 11) is 1.96. The standard InChI is InChI=1S/C18H28N6/c1-17(2,3)16-21-14-13(10-20-23(14)4)15(22-16)24-9-5-6-18(12-24)7-8-19-11-18/h10,19H,5-9,11-12H2,1-4H3/t18-/m0/s1. The summed E-state index contributed by atoms with van der Waals surface area (Å²) < 4.78 is 1.87. The van der Waals surface area contributed by atoms with Crippen LogP contribution in [0, 0.1) is 5.41 Å². The van der Waals surface area contributed by atoms with Gasteiger partial charge in [-0.1, -0.05) is 20.8 Å². The molecule has 6 heteroatoms. The molecule has 2 aromatic heterocycles. The van der Waals surface area contributed by atoms with Gasteiger partial charge >= 0.3 is 0 Å². The largest absolute Gasteiger partial charge is 0.355 e. The summed E-state index contributed by atoms with van der Waals surface area (Å²) in [6, 6.07) is 0. The van der Waals surface area contributed by atoms with Crippen LogP contribution in [0.5, 0.6) is 0 Å². The first-order chi connectivity index (χ1) is 11.4. The molecule has 0 amide bonds. The van der Waals surface area contributed by atoms with Crippen molar-refractivity contribution in [2.45, 2.75) is 45.4 Å². The maximum atomic E-state index is 5.00. The molecule has 4 rings (SSSR count). The van der Waals surface area contributed by atoms with E-state index >= 15 is 0 Å². The maximum absolute atomic E-state index is 5.00. The summed E-state index contributed by atoms with van der Waals surface area (Å²) >= 11 is 0. The molecule has 2 aromatic rings. The van der Waals surface area contributed by atoms with Crippen LogP contribution >= 0.6 is 0 Å². The Morgan fingerprint density at radius 2 is 2.04 bits per heavy atom. The first kappa shape index (κ1) is 15.8. The van der Waals surface area contributed by atoms with Crippen molar-refractivity contribution in [1.29, 1.82) is 0 Å². The highest BCUT2D eigenvalue weighted by Gasteiger charge is 2.39. The van der Waals surface area contributed by atoms with E-state index in [0.29, 0.717) is 5.41 Å². The molecular weight excluding hydrogens is 300 g/mol. The predicted octanol–water partition coefficient (Wildman–Crippen LogP) is 2.24. The summed E-state index contributed by atoms with van der Waals surface area (Å²) in [5.41, 5.74) is 1.28. The Labute approximate surface area is 143 Å². The van der Waals surface area contributed by atoms with E-state index in [1.165, 1.54) is 19.3 Å². The van der Waals surface area contributed by atoms with Crippen molar-refractivity contribution < 1.29 is 0 Å². The van der Waals surface area contributed by atoms with Gasteiger partial charge in [0.05, 0.1) is 11.6 Å². The summed E-state index contributed by atoms with van der Waals surface area (Å²) in [6.45, 7) is 11.0. The molecule has 24 heavy (non-hydrogen) atoms. The smallest absolute Gasteiger partial charge is 0.163 e. The minimum absolute atomic E-state index is 0.0738. The van der Waals surface area contributed by atoms with Crippen LogP contribution in [-0.4, -0.2) is 45.9 Å². The Bertz CT molecular complexity index is 751. The summed E-state index contributed by atoms with van der Waals surface area (Å²) in [4.78, 5) is 12.3. The van der Waals surface area contributed by atoms with E-state index in [1.54, 1.807) is 0 Å². The number of nitrogens with zero attached hydrogens (tertiary/aromatic N) is 5. The molecule has 0 radical (unpaired) electrons. The SMILES string of the molecule is Cn1ncc2c(N3CCC[C@@]4(CCNC4)C3)nc(C(C)(C)C)nc21. The van der Waals surface area contributed by atoms with Crippen LogP contribution < -0.4 is 10.2 Å². The summed E-state index contributed by atoms with van der Waals surface area (Å²) in [6.07, 6.45) is 5.75. The topological polar surface area (TPSA) is 58.9 Å². The lowest BCUT2D eigenvalue weighted by Gasteiger charge is -2.41. The molecule has 0 unspecified atom stereocenters. The molecule has 2 aliphatic heterocycles. The number of hydrogen-bond donors (Lipinski definition) is 1. The third-order valence-corrected chi connectivity index (χ3v) is 5.54. The fourth-order valence-corrected chi connectivity index (χ4v) is 4.12. The summed E-state index contributed by atoms with van der Waals surface area (Å²) in [5.74, 6) is 1.97. The van der Waals surface area contributed by atoms with E-state index in [4.69, 9.17) is 9.97 Å². The summed E-state index contributed by atoms with van der Waals surface area (Å²) in [5, 5.41) is 9.07. The third-order valence-electron chi connectivity index (χ3n) is 5.54. The van der Waals surface area contributed by atoms with E-state index in [9.17, 15) is 0 Å². The highest BCUT2D eigenvalue weighted by Crippen LogP contribution is 2.38. The van der Waals surface area contributed by atoms with Crippen molar-refractivity contribution in [3.63, 3.8) is 0 Å². The van der Waals surface area contributed by atoms with Gasteiger partial charge < -0.3 is 10.2 Å². The highest BCUT2D eigenvalue weighted by atomic mass is 15.3. The number of rotatable bonds is 1. The van der Waals surface area contributed by atoms with Crippen molar-refractivity contribution in [2.75, 3.05) is 31.1 Å². The van der Waals surface area contributed by atoms with E-state index in [0.717, 1.165) is 48.9 Å². The van der Waals surface area contributed by atoms with Crippen LogP contribution in [0.3, 0.4) is 0 Å². The maximum Gasteiger partial charge on any atom is 0.163 e. The number of nitrogens with one attached hydrogen (secondary N) is 1. The second-order valence-electron chi connectivity index (χ2n) is 8.58. The fourth-order valence-electron chi connectivity index (χ4n) is 4.12. The fraction of sp³-hybridized carbons (Fsp3) is 0.722. The van der Waals surface area contributed by atoms with Crippen LogP contribution in [0.1, 0.15) is 45.9 Å². The van der Waals surface area contributed by atoms with Gasteiger partial charge in [-0.25, -0.2) is 9.97 Å². The third kappa shape index (κ3) is 2.57. The van der Waals surface area contributed by atoms with Crippen LogP contribution in [0.15, 0.2) is 6.20 Å². The molecule has 2 saturated heterocycles. The molecule has 2 aliphatic rings. The highest BCUT2D eigenvalue weighted by molar-refractivity contribution is 5.87. The molecule has 130 valence electrons. The van der Waals surface area contributed by atoms with Gasteiger partial charge in [-0.05, 0) is 25.8 Å². The quantitative estimate of drug-likeness (QED) is 0.870. The van der Waals surface area contributed by atoms with Crippen LogP contribution in [0.4, 0.5) is 5.82 Å². The molecule has 1 N–H and O–H groups in total. The Balaban J connectivity index is 1.80. The Kier molecular flexibility index (Phi) is 3.56. The molecule has 1 atom stereocenters. The van der Waals surface area contributed by atoms with Gasteiger partial charge in [0, 0.05) is 37.5 Å². The monoisotopic (exact) mass is 328 g/mol. The van der Waals surface area contributed by atoms with Crippen LogP contribution in [0.2, 0.25) is 0 Å². The second-order valence-corrected chi connectivity index (χ2v) is 8.58. The number of aromatic nitrogens is 4. The van der Waals surface area contributed by atoms with Gasteiger partial charge in [-0.2, -0.15) is 5.10 Å². The van der Waals surface area contributed by atoms with Gasteiger partial charge in [0.2, 0.25) is 0 Å². The zero-order valence-electron chi connectivity index (χ0n) is 15.3. The minimum atomic E-state index is -0.0738. The molecule has 2 fully saturated rings. The van der Waals surface area contributed by atoms with Gasteiger partial charge in [-0.3, -0.25) is 4.68 Å². The van der Waals surface area contributed by atoms with Gasteiger partial charge in [0.1, 0.15) is 11.6 Å². The number of piperidine rings is 1. The van der Waals surface area contributed by atoms with Gasteiger partial charge in [-0.15, -0.1) is 0 Å². The molecule has 0 aromatic carbocycles. The molecular formula is C18H28N6. The normalized spacial score (nSPS) is 25.1. The van der Waals surface area contributed by atoms with Gasteiger partial charge in [0.15, 0.2) is 5.65 Å². The second kappa shape index (κ2) is 5.41. The lowest BCUT2D eigenvalue weighted by Crippen LogP contribution is -2.45.